The molecule has 0 radical (unpaired) electrons. The second-order valence-electron chi connectivity index (χ2n) is 4.70. The summed E-state index contributed by atoms with van der Waals surface area (Å²) in [5, 5.41) is 3.75. The van der Waals surface area contributed by atoms with Gasteiger partial charge in [-0.3, -0.25) is 4.79 Å². The van der Waals surface area contributed by atoms with Crippen LogP contribution in [0.25, 0.3) is 0 Å². The Kier molecular flexibility index (Phi) is 8.03. The quantitative estimate of drug-likeness (QED) is 0.557. The maximum Gasteiger partial charge on any atom is 0.427 e. The molecule has 0 unspecified atom stereocenters. The molecule has 0 saturated heterocycles. The Labute approximate surface area is 148 Å². The van der Waals surface area contributed by atoms with Gasteiger partial charge in [0.2, 0.25) is 0 Å². The van der Waals surface area contributed by atoms with Crippen LogP contribution in [0.1, 0.15) is 12.5 Å². The van der Waals surface area contributed by atoms with E-state index in [9.17, 15) is 9.59 Å². The highest BCUT2D eigenvalue weighted by Crippen LogP contribution is 2.36. The zero-order chi connectivity index (χ0) is 18.1. The number of ether oxygens (including phenoxy) is 3. The number of benzene rings is 1. The second kappa shape index (κ2) is 9.76. The zero-order valence-electron chi connectivity index (χ0n) is 14.0. The summed E-state index contributed by atoms with van der Waals surface area (Å²) >= 11 is 3.39. The molecule has 1 rings (SSSR count). The maximum atomic E-state index is 11.7. The summed E-state index contributed by atoms with van der Waals surface area (Å²) in [6.45, 7) is 2.15. The lowest BCUT2D eigenvalue weighted by molar-refractivity contribution is -0.130. The van der Waals surface area contributed by atoms with E-state index in [2.05, 4.69) is 31.2 Å². The largest absolute Gasteiger partial charge is 0.490 e. The van der Waals surface area contributed by atoms with E-state index in [0.29, 0.717) is 28.1 Å². The minimum atomic E-state index is -0.669. The number of nitrogens with one attached hydrogen (secondary N) is 1. The number of hydrogen-bond acceptors (Lipinski definition) is 6. The Morgan fingerprint density at radius 2 is 2.04 bits per heavy atom. The number of nitrogens with zero attached hydrogens (tertiary/aromatic N) is 2. The number of hydrazone groups is 1. The van der Waals surface area contributed by atoms with Gasteiger partial charge in [-0.05, 0) is 40.5 Å². The highest BCUT2D eigenvalue weighted by molar-refractivity contribution is 9.10. The van der Waals surface area contributed by atoms with Crippen LogP contribution in [-0.4, -0.2) is 57.5 Å². The lowest BCUT2D eigenvalue weighted by atomic mass is 10.2. The molecule has 0 aliphatic carbocycles. The molecule has 1 aromatic rings. The van der Waals surface area contributed by atoms with Crippen molar-refractivity contribution >= 4 is 34.1 Å². The number of hydrogen-bond donors (Lipinski definition) is 1. The lowest BCUT2D eigenvalue weighted by Gasteiger charge is -2.16. The summed E-state index contributed by atoms with van der Waals surface area (Å²) in [6.07, 6.45) is 0.761. The van der Waals surface area contributed by atoms with Crippen molar-refractivity contribution in [3.05, 3.63) is 22.2 Å². The fourth-order valence-electron chi connectivity index (χ4n) is 1.53. The molecule has 2 amide bonds. The van der Waals surface area contributed by atoms with Gasteiger partial charge in [-0.25, -0.2) is 10.2 Å². The molecule has 1 N–H and O–H groups in total. The standard InChI is InChI=1S/C15H20BrN3O5/c1-5-23-12-7-10(8-17-18-15(21)22-4)6-11(16)14(12)24-9-13(20)19(2)3/h6-8H,5,9H2,1-4H3,(H,18,21). The SMILES string of the molecule is CCOc1cc(C=NNC(=O)OC)cc(Br)c1OCC(=O)N(C)C. The number of carbonyl (C=O) groups excluding carboxylic acids is 2. The molecule has 0 spiro atoms. The Morgan fingerprint density at radius 3 is 2.62 bits per heavy atom. The van der Waals surface area contributed by atoms with Crippen LogP contribution in [0.3, 0.4) is 0 Å². The average Bonchev–Trinajstić information content (AvgIpc) is 2.53. The third kappa shape index (κ3) is 6.07. The molecule has 132 valence electrons. The van der Waals surface area contributed by atoms with Gasteiger partial charge in [0.25, 0.3) is 5.91 Å². The summed E-state index contributed by atoms with van der Waals surface area (Å²) in [4.78, 5) is 24.1. The molecule has 1 aromatic carbocycles. The minimum absolute atomic E-state index is 0.108. The molecule has 0 aromatic heterocycles. The molecule has 8 nitrogen and oxygen atoms in total. The van der Waals surface area contributed by atoms with E-state index in [-0.39, 0.29) is 12.5 Å². The predicted octanol–water partition coefficient (Wildman–Crippen LogP) is 2.00. The van der Waals surface area contributed by atoms with Crippen molar-refractivity contribution in [2.75, 3.05) is 34.4 Å². The molecular formula is C15H20BrN3O5. The van der Waals surface area contributed by atoms with E-state index in [0.717, 1.165) is 0 Å². The number of rotatable bonds is 7. The highest BCUT2D eigenvalue weighted by atomic mass is 79.9. The normalized spacial score (nSPS) is 10.4. The maximum absolute atomic E-state index is 11.7. The Hall–Kier alpha value is -2.29. The number of methoxy groups -OCH3 is 1. The summed E-state index contributed by atoms with van der Waals surface area (Å²) < 4.78 is 16.1. The Bertz CT molecular complexity index is 619. The molecule has 0 atom stereocenters. The molecule has 0 saturated carbocycles. The lowest BCUT2D eigenvalue weighted by Crippen LogP contribution is -2.27. The van der Waals surface area contributed by atoms with E-state index >= 15 is 0 Å². The molecule has 24 heavy (non-hydrogen) atoms. The number of amides is 2. The van der Waals surface area contributed by atoms with Crippen LogP contribution in [0.5, 0.6) is 11.5 Å². The molecule has 9 heteroatoms. The van der Waals surface area contributed by atoms with Crippen LogP contribution >= 0.6 is 15.9 Å². The van der Waals surface area contributed by atoms with Gasteiger partial charge in [-0.2, -0.15) is 5.10 Å². The first-order chi connectivity index (χ1) is 11.4. The van der Waals surface area contributed by atoms with Crippen molar-refractivity contribution in [3.63, 3.8) is 0 Å². The van der Waals surface area contributed by atoms with Crippen molar-refractivity contribution in [3.8, 4) is 11.5 Å². The fraction of sp³-hybridized carbons (Fsp3) is 0.400. The molecule has 0 aliphatic heterocycles. The van der Waals surface area contributed by atoms with Crippen LogP contribution < -0.4 is 14.9 Å². The van der Waals surface area contributed by atoms with Gasteiger partial charge in [0, 0.05) is 14.1 Å². The van der Waals surface area contributed by atoms with Crippen LogP contribution in [-0.2, 0) is 9.53 Å². The first kappa shape index (κ1) is 19.8. The van der Waals surface area contributed by atoms with Crippen molar-refractivity contribution in [2.45, 2.75) is 6.92 Å². The van der Waals surface area contributed by atoms with Gasteiger partial charge in [0.05, 0.1) is 24.4 Å². The summed E-state index contributed by atoms with van der Waals surface area (Å²) in [7, 11) is 4.55. The monoisotopic (exact) mass is 401 g/mol. The van der Waals surface area contributed by atoms with E-state index < -0.39 is 6.09 Å². The fourth-order valence-corrected chi connectivity index (χ4v) is 2.11. The third-order valence-electron chi connectivity index (χ3n) is 2.73. The third-order valence-corrected chi connectivity index (χ3v) is 3.31. The van der Waals surface area contributed by atoms with Gasteiger partial charge in [0.15, 0.2) is 18.1 Å². The summed E-state index contributed by atoms with van der Waals surface area (Å²) in [5.41, 5.74) is 2.85. The average molecular weight is 402 g/mol. The predicted molar refractivity (Wildman–Crippen MR) is 92.6 cm³/mol. The first-order valence-electron chi connectivity index (χ1n) is 7.05. The smallest absolute Gasteiger partial charge is 0.427 e. The number of halogens is 1. The summed E-state index contributed by atoms with van der Waals surface area (Å²) in [6, 6.07) is 3.41. The van der Waals surface area contributed by atoms with E-state index in [4.69, 9.17) is 9.47 Å². The van der Waals surface area contributed by atoms with Crippen molar-refractivity contribution in [2.24, 2.45) is 5.10 Å². The van der Waals surface area contributed by atoms with E-state index in [1.54, 1.807) is 26.2 Å². The van der Waals surface area contributed by atoms with E-state index in [1.807, 2.05) is 6.92 Å². The van der Waals surface area contributed by atoms with Gasteiger partial charge < -0.3 is 19.1 Å². The van der Waals surface area contributed by atoms with Crippen molar-refractivity contribution in [1.82, 2.24) is 10.3 Å². The molecule has 0 bridgehead atoms. The topological polar surface area (TPSA) is 89.5 Å². The Balaban J connectivity index is 2.96. The zero-order valence-corrected chi connectivity index (χ0v) is 15.5. The van der Waals surface area contributed by atoms with Gasteiger partial charge >= 0.3 is 6.09 Å². The van der Waals surface area contributed by atoms with Crippen LogP contribution in [0.4, 0.5) is 4.79 Å². The van der Waals surface area contributed by atoms with Crippen molar-refractivity contribution in [1.29, 1.82) is 0 Å². The summed E-state index contributed by atoms with van der Waals surface area (Å²) in [5.74, 6) is 0.709. The minimum Gasteiger partial charge on any atom is -0.490 e. The number of carbonyl (C=O) groups is 2. The number of likely N-dealkylation sites (N-methyl/N-ethyl adjacent to an activating group) is 1. The van der Waals surface area contributed by atoms with Gasteiger partial charge in [0.1, 0.15) is 0 Å². The molecular weight excluding hydrogens is 382 g/mol. The molecule has 0 fully saturated rings. The van der Waals surface area contributed by atoms with Gasteiger partial charge in [-0.15, -0.1) is 0 Å². The van der Waals surface area contributed by atoms with Crippen LogP contribution in [0, 0.1) is 0 Å². The Morgan fingerprint density at radius 1 is 1.33 bits per heavy atom. The van der Waals surface area contributed by atoms with Crippen LogP contribution in [0.15, 0.2) is 21.7 Å². The molecule has 0 heterocycles. The van der Waals surface area contributed by atoms with Crippen molar-refractivity contribution < 1.29 is 23.8 Å². The van der Waals surface area contributed by atoms with Crippen LogP contribution in [0.2, 0.25) is 0 Å². The second-order valence-corrected chi connectivity index (χ2v) is 5.56. The van der Waals surface area contributed by atoms with Gasteiger partial charge in [-0.1, -0.05) is 0 Å². The molecule has 0 aliphatic rings. The van der Waals surface area contributed by atoms with E-state index in [1.165, 1.54) is 18.2 Å². The first-order valence-corrected chi connectivity index (χ1v) is 7.84. The highest BCUT2D eigenvalue weighted by Gasteiger charge is 2.14.